The van der Waals surface area contributed by atoms with Crippen LogP contribution < -0.4 is 16.0 Å². The number of halogens is 2. The number of nitrogens with zero attached hydrogens (tertiary/aromatic N) is 1. The van der Waals surface area contributed by atoms with Gasteiger partial charge in [0, 0.05) is 6.04 Å². The zero-order chi connectivity index (χ0) is 21.4. The lowest BCUT2D eigenvalue weighted by molar-refractivity contribution is -0.126. The number of hydrogen-bond acceptors (Lipinski definition) is 4. The number of amides is 4. The summed E-state index contributed by atoms with van der Waals surface area (Å²) in [6.07, 6.45) is 5.22. The van der Waals surface area contributed by atoms with E-state index in [0.717, 1.165) is 25.7 Å². The van der Waals surface area contributed by atoms with Crippen LogP contribution in [0.3, 0.4) is 0 Å². The molecular weight excluding hydrogens is 415 g/mol. The molecule has 160 valence electrons. The summed E-state index contributed by atoms with van der Waals surface area (Å²) in [6.45, 7) is 3.89. The normalized spacial score (nSPS) is 15.6. The second-order valence-electron chi connectivity index (χ2n) is 7.18. The first-order valence-corrected chi connectivity index (χ1v) is 10.7. The molecule has 1 fully saturated rings. The van der Waals surface area contributed by atoms with Crippen LogP contribution in [0.5, 0.6) is 0 Å². The van der Waals surface area contributed by atoms with Crippen molar-refractivity contribution in [3.05, 3.63) is 28.2 Å². The quantitative estimate of drug-likeness (QED) is 0.598. The summed E-state index contributed by atoms with van der Waals surface area (Å²) >= 11 is 12.1. The van der Waals surface area contributed by atoms with Gasteiger partial charge in [-0.25, -0.2) is 4.79 Å². The van der Waals surface area contributed by atoms with Crippen molar-refractivity contribution in [1.82, 2.24) is 15.5 Å². The van der Waals surface area contributed by atoms with Gasteiger partial charge in [0.05, 0.1) is 28.3 Å². The summed E-state index contributed by atoms with van der Waals surface area (Å²) < 4.78 is 0. The molecule has 1 unspecified atom stereocenters. The van der Waals surface area contributed by atoms with Gasteiger partial charge >= 0.3 is 6.03 Å². The Balaban J connectivity index is 1.87. The molecule has 0 spiro atoms. The Labute approximate surface area is 181 Å². The smallest absolute Gasteiger partial charge is 0.321 e. The van der Waals surface area contributed by atoms with E-state index in [-0.39, 0.29) is 18.5 Å². The zero-order valence-electron chi connectivity index (χ0n) is 16.8. The SMILES string of the molecule is CCN(CC(=O)Nc1c(Cl)cccc1Cl)C(C)C(=O)NC(=O)NC1CCCCC1. The van der Waals surface area contributed by atoms with Gasteiger partial charge in [-0.05, 0) is 38.4 Å². The average Bonchev–Trinajstić information content (AvgIpc) is 2.69. The number of hydrogen-bond donors (Lipinski definition) is 3. The van der Waals surface area contributed by atoms with Gasteiger partial charge in [-0.1, -0.05) is 55.5 Å². The Morgan fingerprint density at radius 3 is 2.34 bits per heavy atom. The van der Waals surface area contributed by atoms with Crippen molar-refractivity contribution < 1.29 is 14.4 Å². The monoisotopic (exact) mass is 442 g/mol. The number of carbonyl (C=O) groups excluding carboxylic acids is 3. The first kappa shape index (κ1) is 23.4. The third-order valence-electron chi connectivity index (χ3n) is 5.08. The number of anilines is 1. The predicted molar refractivity (Wildman–Crippen MR) is 115 cm³/mol. The molecule has 1 aliphatic rings. The minimum absolute atomic E-state index is 0.0448. The van der Waals surface area contributed by atoms with Gasteiger partial charge in [-0.15, -0.1) is 0 Å². The first-order valence-electron chi connectivity index (χ1n) is 9.91. The highest BCUT2D eigenvalue weighted by atomic mass is 35.5. The van der Waals surface area contributed by atoms with Crippen LogP contribution in [0, 0.1) is 0 Å². The van der Waals surface area contributed by atoms with Crippen molar-refractivity contribution in [1.29, 1.82) is 0 Å². The fourth-order valence-electron chi connectivity index (χ4n) is 3.35. The predicted octanol–water partition coefficient (Wildman–Crippen LogP) is 3.80. The molecule has 7 nitrogen and oxygen atoms in total. The molecule has 4 amide bonds. The second kappa shape index (κ2) is 11.4. The van der Waals surface area contributed by atoms with E-state index in [0.29, 0.717) is 22.3 Å². The van der Waals surface area contributed by atoms with Crippen molar-refractivity contribution in [2.75, 3.05) is 18.4 Å². The lowest BCUT2D eigenvalue weighted by atomic mass is 9.96. The molecule has 1 saturated carbocycles. The Morgan fingerprint density at radius 2 is 1.76 bits per heavy atom. The maximum Gasteiger partial charge on any atom is 0.321 e. The molecule has 1 aromatic carbocycles. The number of benzene rings is 1. The van der Waals surface area contributed by atoms with Gasteiger partial charge in [-0.3, -0.25) is 19.8 Å². The summed E-state index contributed by atoms with van der Waals surface area (Å²) in [4.78, 5) is 38.6. The largest absolute Gasteiger partial charge is 0.335 e. The van der Waals surface area contributed by atoms with E-state index in [4.69, 9.17) is 23.2 Å². The number of likely N-dealkylation sites (N-methyl/N-ethyl adjacent to an activating group) is 1. The molecule has 3 N–H and O–H groups in total. The van der Waals surface area contributed by atoms with Crippen molar-refractivity contribution in [2.45, 2.75) is 58.0 Å². The Kier molecular flexibility index (Phi) is 9.20. The van der Waals surface area contributed by atoms with Gasteiger partial charge in [0.25, 0.3) is 0 Å². The Bertz CT molecular complexity index is 718. The average molecular weight is 443 g/mol. The Hall–Kier alpha value is -1.83. The van der Waals surface area contributed by atoms with Crippen LogP contribution in [-0.2, 0) is 9.59 Å². The van der Waals surface area contributed by atoms with E-state index in [9.17, 15) is 14.4 Å². The summed E-state index contributed by atoms with van der Waals surface area (Å²) in [6, 6.07) is 3.90. The molecule has 0 bridgehead atoms. The van der Waals surface area contributed by atoms with Crippen LogP contribution in [0.15, 0.2) is 18.2 Å². The van der Waals surface area contributed by atoms with E-state index in [2.05, 4.69) is 16.0 Å². The molecular formula is C20H28Cl2N4O3. The van der Waals surface area contributed by atoms with E-state index < -0.39 is 18.0 Å². The van der Waals surface area contributed by atoms with Crippen molar-refractivity contribution in [2.24, 2.45) is 0 Å². The molecule has 0 heterocycles. The number of urea groups is 1. The van der Waals surface area contributed by atoms with Gasteiger partial charge in [0.15, 0.2) is 0 Å². The molecule has 29 heavy (non-hydrogen) atoms. The maximum absolute atomic E-state index is 12.5. The highest BCUT2D eigenvalue weighted by Crippen LogP contribution is 2.29. The number of rotatable bonds is 7. The number of nitrogens with one attached hydrogen (secondary N) is 3. The van der Waals surface area contributed by atoms with Gasteiger partial charge in [-0.2, -0.15) is 0 Å². The highest BCUT2D eigenvalue weighted by molar-refractivity contribution is 6.39. The molecule has 1 aliphatic carbocycles. The van der Waals surface area contributed by atoms with E-state index in [1.165, 1.54) is 6.42 Å². The van der Waals surface area contributed by atoms with Crippen molar-refractivity contribution in [3.8, 4) is 0 Å². The van der Waals surface area contributed by atoms with Crippen molar-refractivity contribution in [3.63, 3.8) is 0 Å². The topological polar surface area (TPSA) is 90.5 Å². The summed E-state index contributed by atoms with van der Waals surface area (Å²) in [5, 5.41) is 8.57. The minimum atomic E-state index is -0.662. The molecule has 1 aromatic rings. The summed E-state index contributed by atoms with van der Waals surface area (Å²) in [5.41, 5.74) is 0.334. The fourth-order valence-corrected chi connectivity index (χ4v) is 3.85. The lowest BCUT2D eigenvalue weighted by Gasteiger charge is -2.27. The molecule has 9 heteroatoms. The molecule has 0 saturated heterocycles. The lowest BCUT2D eigenvalue weighted by Crippen LogP contribution is -2.52. The summed E-state index contributed by atoms with van der Waals surface area (Å²) in [7, 11) is 0. The van der Waals surface area contributed by atoms with Crippen LogP contribution in [-0.4, -0.2) is 47.9 Å². The highest BCUT2D eigenvalue weighted by Gasteiger charge is 2.25. The fraction of sp³-hybridized carbons (Fsp3) is 0.550. The van der Waals surface area contributed by atoms with Gasteiger partial charge in [0.1, 0.15) is 0 Å². The number of para-hydroxylation sites is 1. The minimum Gasteiger partial charge on any atom is -0.335 e. The van der Waals surface area contributed by atoms with E-state index >= 15 is 0 Å². The zero-order valence-corrected chi connectivity index (χ0v) is 18.3. The first-order chi connectivity index (χ1) is 13.8. The molecule has 0 radical (unpaired) electrons. The van der Waals surface area contributed by atoms with Gasteiger partial charge < -0.3 is 10.6 Å². The van der Waals surface area contributed by atoms with Crippen LogP contribution in [0.25, 0.3) is 0 Å². The Morgan fingerprint density at radius 1 is 1.14 bits per heavy atom. The van der Waals surface area contributed by atoms with Crippen molar-refractivity contribution >= 4 is 46.7 Å². The van der Waals surface area contributed by atoms with E-state index in [1.54, 1.807) is 30.0 Å². The maximum atomic E-state index is 12.5. The van der Waals surface area contributed by atoms with E-state index in [1.807, 2.05) is 6.92 Å². The van der Waals surface area contributed by atoms with Crippen LogP contribution in [0.4, 0.5) is 10.5 Å². The molecule has 2 rings (SSSR count). The second-order valence-corrected chi connectivity index (χ2v) is 8.00. The van der Waals surface area contributed by atoms with Crippen LogP contribution >= 0.6 is 23.2 Å². The van der Waals surface area contributed by atoms with Crippen LogP contribution in [0.2, 0.25) is 10.0 Å². The summed E-state index contributed by atoms with van der Waals surface area (Å²) in [5.74, 6) is -0.808. The molecule has 1 atom stereocenters. The standard InChI is InChI=1S/C20H28Cl2N4O3/c1-3-26(12-17(27)24-18-15(21)10-7-11-16(18)22)13(2)19(28)25-20(29)23-14-8-5-4-6-9-14/h7,10-11,13-14H,3-6,8-9,12H2,1-2H3,(H,24,27)(H2,23,25,28,29). The number of carbonyl (C=O) groups is 3. The third-order valence-corrected chi connectivity index (χ3v) is 5.71. The van der Waals surface area contributed by atoms with Gasteiger partial charge in [0.2, 0.25) is 11.8 Å². The third kappa shape index (κ3) is 7.17. The molecule has 0 aromatic heterocycles. The number of imide groups is 1. The van der Waals surface area contributed by atoms with Crippen LogP contribution in [0.1, 0.15) is 46.0 Å². The molecule has 0 aliphatic heterocycles.